The van der Waals surface area contributed by atoms with Gasteiger partial charge in [-0.05, 0) is 30.0 Å². The average molecular weight is 240 g/mol. The predicted molar refractivity (Wildman–Crippen MR) is 62.6 cm³/mol. The van der Waals surface area contributed by atoms with Crippen LogP contribution in [0.3, 0.4) is 0 Å². The minimum absolute atomic E-state index is 0.0220. The van der Waals surface area contributed by atoms with E-state index in [0.717, 1.165) is 24.0 Å². The van der Waals surface area contributed by atoms with Gasteiger partial charge in [0.15, 0.2) is 0 Å². The number of alkyl halides is 1. The fraction of sp³-hybridized carbons (Fsp3) is 0.417. The molecular formula is C12H14ClNO2. The van der Waals surface area contributed by atoms with Crippen molar-refractivity contribution in [1.29, 1.82) is 0 Å². The summed E-state index contributed by atoms with van der Waals surface area (Å²) in [5.41, 5.74) is 1.99. The van der Waals surface area contributed by atoms with Gasteiger partial charge in [-0.1, -0.05) is 12.1 Å². The third-order valence-electron chi connectivity index (χ3n) is 2.93. The Morgan fingerprint density at radius 3 is 3.06 bits per heavy atom. The van der Waals surface area contributed by atoms with E-state index in [2.05, 4.69) is 0 Å². The zero-order valence-corrected chi connectivity index (χ0v) is 9.70. The van der Waals surface area contributed by atoms with Gasteiger partial charge in [0.25, 0.3) is 0 Å². The maximum Gasteiger partial charge on any atom is 0.237 e. The Bertz CT molecular complexity index is 406. The highest BCUT2D eigenvalue weighted by Gasteiger charge is 2.19. The minimum Gasteiger partial charge on any atom is -0.508 e. The third-order valence-corrected chi connectivity index (χ3v) is 3.16. The summed E-state index contributed by atoms with van der Waals surface area (Å²) in [5.74, 6) is 0.310. The number of fused-ring (bicyclic) bond motifs is 1. The molecule has 0 unspecified atom stereocenters. The second-order valence-electron chi connectivity index (χ2n) is 3.97. The van der Waals surface area contributed by atoms with Gasteiger partial charge in [-0.3, -0.25) is 4.79 Å². The van der Waals surface area contributed by atoms with E-state index in [1.165, 1.54) is 0 Å². The molecule has 1 aliphatic rings. The normalized spacial score (nSPS) is 15.4. The summed E-state index contributed by atoms with van der Waals surface area (Å²) in [6, 6.07) is 5.45. The molecular weight excluding hydrogens is 226 g/mol. The molecule has 0 aliphatic carbocycles. The van der Waals surface area contributed by atoms with Gasteiger partial charge in [-0.15, -0.1) is 11.6 Å². The van der Waals surface area contributed by atoms with E-state index in [1.54, 1.807) is 11.0 Å². The minimum atomic E-state index is -0.0436. The molecule has 86 valence electrons. The number of aromatic hydroxyl groups is 1. The molecule has 4 heteroatoms. The molecule has 16 heavy (non-hydrogen) atoms. The van der Waals surface area contributed by atoms with Gasteiger partial charge in [-0.25, -0.2) is 0 Å². The predicted octanol–water partition coefficient (Wildman–Crippen LogP) is 1.91. The van der Waals surface area contributed by atoms with Crippen LogP contribution >= 0.6 is 11.6 Å². The first kappa shape index (κ1) is 11.3. The molecule has 1 aliphatic heterocycles. The highest BCUT2D eigenvalue weighted by Crippen LogP contribution is 2.26. The van der Waals surface area contributed by atoms with Crippen LogP contribution in [0.5, 0.6) is 5.75 Å². The van der Waals surface area contributed by atoms with Crippen LogP contribution in [0.25, 0.3) is 0 Å². The Morgan fingerprint density at radius 1 is 1.50 bits per heavy atom. The molecule has 1 aromatic rings. The lowest BCUT2D eigenvalue weighted by Crippen LogP contribution is -2.31. The van der Waals surface area contributed by atoms with Crippen molar-refractivity contribution in [3.8, 4) is 5.75 Å². The molecule has 0 saturated carbocycles. The molecule has 1 aromatic carbocycles. The van der Waals surface area contributed by atoms with E-state index < -0.39 is 0 Å². The number of phenolic OH excluding ortho intramolecular Hbond substituents is 1. The number of benzene rings is 1. The molecule has 3 nitrogen and oxygen atoms in total. The number of amides is 1. The van der Waals surface area contributed by atoms with Crippen LogP contribution in [-0.4, -0.2) is 28.3 Å². The van der Waals surface area contributed by atoms with Gasteiger partial charge >= 0.3 is 0 Å². The molecule has 0 bridgehead atoms. The van der Waals surface area contributed by atoms with E-state index in [-0.39, 0.29) is 11.8 Å². The number of carbonyl (C=O) groups is 1. The number of rotatable bonds is 1. The topological polar surface area (TPSA) is 40.5 Å². The summed E-state index contributed by atoms with van der Waals surface area (Å²) in [7, 11) is 0. The van der Waals surface area contributed by atoms with Gasteiger partial charge in [0.2, 0.25) is 5.91 Å². The van der Waals surface area contributed by atoms with Gasteiger partial charge in [0.05, 0.1) is 0 Å². The molecule has 0 atom stereocenters. The van der Waals surface area contributed by atoms with Crippen LogP contribution in [0.4, 0.5) is 0 Å². The van der Waals surface area contributed by atoms with Crippen molar-refractivity contribution in [2.24, 2.45) is 0 Å². The zero-order chi connectivity index (χ0) is 11.5. The summed E-state index contributed by atoms with van der Waals surface area (Å²) < 4.78 is 0. The Labute approximate surface area is 99.6 Å². The van der Waals surface area contributed by atoms with Crippen LogP contribution in [0, 0.1) is 0 Å². The van der Waals surface area contributed by atoms with E-state index in [0.29, 0.717) is 18.8 Å². The summed E-state index contributed by atoms with van der Waals surface area (Å²) in [5, 5.41) is 9.73. The smallest absolute Gasteiger partial charge is 0.237 e. The Hall–Kier alpha value is -1.22. The third kappa shape index (κ3) is 2.14. The molecule has 2 rings (SSSR count). The van der Waals surface area contributed by atoms with Crippen molar-refractivity contribution in [2.45, 2.75) is 19.4 Å². The van der Waals surface area contributed by atoms with Crippen LogP contribution in [0.15, 0.2) is 18.2 Å². The van der Waals surface area contributed by atoms with Crippen molar-refractivity contribution in [3.63, 3.8) is 0 Å². The zero-order valence-electron chi connectivity index (χ0n) is 8.95. The quantitative estimate of drug-likeness (QED) is 0.761. The molecule has 0 saturated heterocycles. The van der Waals surface area contributed by atoms with Crippen molar-refractivity contribution in [2.75, 3.05) is 12.4 Å². The maximum absolute atomic E-state index is 11.5. The largest absolute Gasteiger partial charge is 0.508 e. The van der Waals surface area contributed by atoms with Crippen LogP contribution in [0.2, 0.25) is 0 Å². The highest BCUT2D eigenvalue weighted by atomic mass is 35.5. The lowest BCUT2D eigenvalue weighted by atomic mass is 10.0. The standard InChI is InChI=1S/C12H14ClNO2/c13-7-12(16)14-6-2-4-10-9(8-14)3-1-5-11(10)15/h1,3,5,15H,2,4,6-8H2. The number of carbonyl (C=O) groups excluding carboxylic acids is 1. The maximum atomic E-state index is 11.5. The lowest BCUT2D eigenvalue weighted by Gasteiger charge is -2.19. The monoisotopic (exact) mass is 239 g/mol. The van der Waals surface area contributed by atoms with Crippen LogP contribution < -0.4 is 0 Å². The van der Waals surface area contributed by atoms with E-state index in [4.69, 9.17) is 11.6 Å². The van der Waals surface area contributed by atoms with E-state index in [1.807, 2.05) is 12.1 Å². The fourth-order valence-corrected chi connectivity index (χ4v) is 2.26. The molecule has 1 amide bonds. The van der Waals surface area contributed by atoms with Gasteiger partial charge in [0.1, 0.15) is 11.6 Å². The SMILES string of the molecule is O=C(CCl)N1CCCc2c(O)cccc2C1. The van der Waals surface area contributed by atoms with Gasteiger partial charge in [0, 0.05) is 13.1 Å². The van der Waals surface area contributed by atoms with Crippen molar-refractivity contribution < 1.29 is 9.90 Å². The second-order valence-corrected chi connectivity index (χ2v) is 4.23. The molecule has 1 N–H and O–H groups in total. The first-order chi connectivity index (χ1) is 7.72. The Balaban J connectivity index is 2.28. The van der Waals surface area contributed by atoms with Crippen LogP contribution in [0.1, 0.15) is 17.5 Å². The van der Waals surface area contributed by atoms with Gasteiger partial charge < -0.3 is 10.0 Å². The first-order valence-corrected chi connectivity index (χ1v) is 5.89. The number of hydrogen-bond acceptors (Lipinski definition) is 2. The number of phenols is 1. The summed E-state index contributed by atoms with van der Waals surface area (Å²) in [6.07, 6.45) is 1.68. The molecule has 0 aromatic heterocycles. The molecule has 0 radical (unpaired) electrons. The van der Waals surface area contributed by atoms with Crippen LogP contribution in [-0.2, 0) is 17.8 Å². The molecule has 1 heterocycles. The Kier molecular flexibility index (Phi) is 3.34. The highest BCUT2D eigenvalue weighted by molar-refractivity contribution is 6.27. The van der Waals surface area contributed by atoms with Crippen molar-refractivity contribution >= 4 is 17.5 Å². The van der Waals surface area contributed by atoms with Crippen molar-refractivity contribution in [1.82, 2.24) is 4.90 Å². The molecule has 0 fully saturated rings. The van der Waals surface area contributed by atoms with E-state index >= 15 is 0 Å². The Morgan fingerprint density at radius 2 is 2.31 bits per heavy atom. The first-order valence-electron chi connectivity index (χ1n) is 5.36. The van der Waals surface area contributed by atoms with E-state index in [9.17, 15) is 9.90 Å². The fourth-order valence-electron chi connectivity index (χ4n) is 2.09. The lowest BCUT2D eigenvalue weighted by molar-refractivity contribution is -0.129. The summed E-state index contributed by atoms with van der Waals surface area (Å²) in [4.78, 5) is 13.3. The summed E-state index contributed by atoms with van der Waals surface area (Å²) in [6.45, 7) is 1.26. The van der Waals surface area contributed by atoms with Crippen molar-refractivity contribution in [3.05, 3.63) is 29.3 Å². The van der Waals surface area contributed by atoms with Gasteiger partial charge in [-0.2, -0.15) is 0 Å². The number of nitrogens with zero attached hydrogens (tertiary/aromatic N) is 1. The molecule has 0 spiro atoms. The number of hydrogen-bond donors (Lipinski definition) is 1. The average Bonchev–Trinajstić information content (AvgIpc) is 2.51. The number of halogens is 1. The summed E-state index contributed by atoms with van der Waals surface area (Å²) >= 11 is 5.56. The second kappa shape index (κ2) is 4.74.